The fourth-order valence-electron chi connectivity index (χ4n) is 3.09. The predicted octanol–water partition coefficient (Wildman–Crippen LogP) is 5.57. The first-order valence-electron chi connectivity index (χ1n) is 10.2. The Morgan fingerprint density at radius 2 is 0.727 bits per heavy atom. The number of nitrogens with zero attached hydrogens (tertiary/aromatic N) is 2. The lowest BCUT2D eigenvalue weighted by Crippen LogP contribution is -2.27. The summed E-state index contributed by atoms with van der Waals surface area (Å²) in [5.41, 5.74) is 0. The molecule has 0 radical (unpaired) electrons. The van der Waals surface area contributed by atoms with Crippen LogP contribution in [-0.2, 0) is 0 Å². The lowest BCUT2D eigenvalue weighted by Gasteiger charge is -2.22. The molecule has 0 rings (SSSR count). The fourth-order valence-corrected chi connectivity index (χ4v) is 3.09. The number of rotatable bonds is 17. The summed E-state index contributed by atoms with van der Waals surface area (Å²) in [5, 5.41) is 0. The van der Waals surface area contributed by atoms with Crippen molar-refractivity contribution in [1.29, 1.82) is 0 Å². The highest BCUT2D eigenvalue weighted by atomic mass is 15.1. The first-order chi connectivity index (χ1) is 10.8. The highest BCUT2D eigenvalue weighted by Crippen LogP contribution is 2.06. The van der Waals surface area contributed by atoms with E-state index in [2.05, 4.69) is 37.5 Å². The minimum Gasteiger partial charge on any atom is -0.303 e. The maximum absolute atomic E-state index is 2.67. The van der Waals surface area contributed by atoms with Gasteiger partial charge in [0.2, 0.25) is 0 Å². The molecule has 0 bridgehead atoms. The Morgan fingerprint density at radius 1 is 0.364 bits per heavy atom. The summed E-state index contributed by atoms with van der Waals surface area (Å²) in [7, 11) is 0. The van der Waals surface area contributed by atoms with Gasteiger partial charge in [-0.3, -0.25) is 0 Å². The average molecular weight is 313 g/mol. The number of hydrogen-bond donors (Lipinski definition) is 0. The zero-order chi connectivity index (χ0) is 16.5. The topological polar surface area (TPSA) is 6.48 Å². The van der Waals surface area contributed by atoms with Gasteiger partial charge in [-0.2, -0.15) is 0 Å². The van der Waals surface area contributed by atoms with Gasteiger partial charge in [0.1, 0.15) is 0 Å². The molecule has 0 fully saturated rings. The van der Waals surface area contributed by atoms with Crippen molar-refractivity contribution in [1.82, 2.24) is 9.80 Å². The minimum absolute atomic E-state index is 1.29. The van der Waals surface area contributed by atoms with Gasteiger partial charge in [-0.05, 0) is 77.8 Å². The molecule has 0 amide bonds. The van der Waals surface area contributed by atoms with Crippen molar-refractivity contribution >= 4 is 0 Å². The number of hydrogen-bond acceptors (Lipinski definition) is 2. The Bertz CT molecular complexity index is 184. The Hall–Kier alpha value is -0.0800. The molecule has 0 heterocycles. The van der Waals surface area contributed by atoms with Crippen molar-refractivity contribution in [2.24, 2.45) is 0 Å². The van der Waals surface area contributed by atoms with Crippen molar-refractivity contribution in [3.05, 3.63) is 0 Å². The second-order valence-corrected chi connectivity index (χ2v) is 6.80. The number of unbranched alkanes of at least 4 members (excludes halogenated alkanes) is 5. The molecule has 0 aromatic carbocycles. The fraction of sp³-hybridized carbons (Fsp3) is 1.00. The summed E-state index contributed by atoms with van der Waals surface area (Å²) < 4.78 is 0. The average Bonchev–Trinajstić information content (AvgIpc) is 2.53. The van der Waals surface area contributed by atoms with Gasteiger partial charge in [-0.15, -0.1) is 0 Å². The van der Waals surface area contributed by atoms with E-state index < -0.39 is 0 Å². The standard InChI is InChI=1S/C20H44N2/c1-5-9-17-21(15-7-3)19-13-11-12-14-20-22(16-8-4)18-10-6-2/h5-20H2,1-4H3. The summed E-state index contributed by atoms with van der Waals surface area (Å²) in [6.07, 6.45) is 13.6. The van der Waals surface area contributed by atoms with E-state index in [1.54, 1.807) is 0 Å². The molecule has 0 aromatic rings. The quantitative estimate of drug-likeness (QED) is 0.324. The first-order valence-corrected chi connectivity index (χ1v) is 10.2. The van der Waals surface area contributed by atoms with Crippen molar-refractivity contribution in [2.45, 2.75) is 91.9 Å². The first kappa shape index (κ1) is 21.9. The van der Waals surface area contributed by atoms with E-state index in [1.165, 1.54) is 103 Å². The molecule has 0 saturated carbocycles. The van der Waals surface area contributed by atoms with Crippen molar-refractivity contribution < 1.29 is 0 Å². The zero-order valence-corrected chi connectivity index (χ0v) is 16.2. The lowest BCUT2D eigenvalue weighted by molar-refractivity contribution is 0.252. The molecule has 0 aliphatic heterocycles. The summed E-state index contributed by atoms with van der Waals surface area (Å²) in [4.78, 5) is 5.35. The SMILES string of the molecule is CCCCN(CCC)CCCCCCN(CCC)CCCC. The molecule has 0 atom stereocenters. The maximum atomic E-state index is 2.67. The lowest BCUT2D eigenvalue weighted by atomic mass is 10.1. The van der Waals surface area contributed by atoms with Crippen LogP contribution in [0.25, 0.3) is 0 Å². The van der Waals surface area contributed by atoms with Crippen molar-refractivity contribution in [2.75, 3.05) is 39.3 Å². The van der Waals surface area contributed by atoms with Crippen molar-refractivity contribution in [3.63, 3.8) is 0 Å². The van der Waals surface area contributed by atoms with E-state index >= 15 is 0 Å². The normalized spacial score (nSPS) is 11.7. The van der Waals surface area contributed by atoms with Gasteiger partial charge < -0.3 is 9.80 Å². The van der Waals surface area contributed by atoms with E-state index in [-0.39, 0.29) is 0 Å². The zero-order valence-electron chi connectivity index (χ0n) is 16.2. The van der Waals surface area contributed by atoms with Crippen LogP contribution >= 0.6 is 0 Å². The second-order valence-electron chi connectivity index (χ2n) is 6.80. The summed E-state index contributed by atoms with van der Waals surface area (Å²) >= 11 is 0. The maximum Gasteiger partial charge on any atom is -0.00187 e. The molecule has 2 heteroatoms. The van der Waals surface area contributed by atoms with Crippen LogP contribution in [0.1, 0.15) is 91.9 Å². The van der Waals surface area contributed by atoms with E-state index in [4.69, 9.17) is 0 Å². The van der Waals surface area contributed by atoms with Gasteiger partial charge >= 0.3 is 0 Å². The molecule has 0 aromatic heterocycles. The largest absolute Gasteiger partial charge is 0.303 e. The molecular weight excluding hydrogens is 268 g/mol. The van der Waals surface area contributed by atoms with Crippen LogP contribution in [-0.4, -0.2) is 49.1 Å². The second kappa shape index (κ2) is 17.3. The van der Waals surface area contributed by atoms with Gasteiger partial charge in [-0.1, -0.05) is 53.4 Å². The van der Waals surface area contributed by atoms with E-state index in [9.17, 15) is 0 Å². The molecule has 0 unspecified atom stereocenters. The Morgan fingerprint density at radius 3 is 1.05 bits per heavy atom. The molecule has 0 aliphatic carbocycles. The Labute approximate surface area is 141 Å². The molecule has 0 spiro atoms. The Kier molecular flexibility index (Phi) is 17.2. The van der Waals surface area contributed by atoms with Crippen LogP contribution in [0.5, 0.6) is 0 Å². The van der Waals surface area contributed by atoms with E-state index in [1.807, 2.05) is 0 Å². The third-order valence-corrected chi connectivity index (χ3v) is 4.43. The van der Waals surface area contributed by atoms with Crippen LogP contribution in [0, 0.1) is 0 Å². The van der Waals surface area contributed by atoms with Crippen molar-refractivity contribution in [3.8, 4) is 0 Å². The van der Waals surface area contributed by atoms with Gasteiger partial charge in [0.25, 0.3) is 0 Å². The van der Waals surface area contributed by atoms with Crippen LogP contribution < -0.4 is 0 Å². The minimum atomic E-state index is 1.29. The van der Waals surface area contributed by atoms with Crippen LogP contribution in [0.2, 0.25) is 0 Å². The predicted molar refractivity (Wildman–Crippen MR) is 102 cm³/mol. The smallest absolute Gasteiger partial charge is 0.00187 e. The van der Waals surface area contributed by atoms with Crippen LogP contribution in [0.4, 0.5) is 0 Å². The summed E-state index contributed by atoms with van der Waals surface area (Å²) in [6.45, 7) is 17.1. The summed E-state index contributed by atoms with van der Waals surface area (Å²) in [6, 6.07) is 0. The monoisotopic (exact) mass is 312 g/mol. The van der Waals surface area contributed by atoms with E-state index in [0.717, 1.165) is 0 Å². The van der Waals surface area contributed by atoms with Gasteiger partial charge in [0.15, 0.2) is 0 Å². The third-order valence-electron chi connectivity index (χ3n) is 4.43. The summed E-state index contributed by atoms with van der Waals surface area (Å²) in [5.74, 6) is 0. The highest BCUT2D eigenvalue weighted by molar-refractivity contribution is 4.60. The van der Waals surface area contributed by atoms with E-state index in [0.29, 0.717) is 0 Å². The van der Waals surface area contributed by atoms with Gasteiger partial charge in [0, 0.05) is 0 Å². The molecule has 22 heavy (non-hydrogen) atoms. The molecule has 0 aliphatic rings. The molecular formula is C20H44N2. The Balaban J connectivity index is 3.63. The molecule has 134 valence electrons. The highest BCUT2D eigenvalue weighted by Gasteiger charge is 2.04. The van der Waals surface area contributed by atoms with Crippen LogP contribution in [0.3, 0.4) is 0 Å². The van der Waals surface area contributed by atoms with Crippen LogP contribution in [0.15, 0.2) is 0 Å². The molecule has 2 nitrogen and oxygen atoms in total. The van der Waals surface area contributed by atoms with Gasteiger partial charge in [-0.25, -0.2) is 0 Å². The van der Waals surface area contributed by atoms with Gasteiger partial charge in [0.05, 0.1) is 0 Å². The molecule has 0 saturated heterocycles. The third kappa shape index (κ3) is 13.6. The molecule has 0 N–H and O–H groups in total.